The molecule has 0 N–H and O–H groups in total. The van der Waals surface area contributed by atoms with Crippen molar-refractivity contribution in [1.29, 1.82) is 0 Å². The predicted molar refractivity (Wildman–Crippen MR) is 98.1 cm³/mol. The number of aryl methyl sites for hydroxylation is 1. The molecule has 4 nitrogen and oxygen atoms in total. The number of imide groups is 1. The molecule has 24 heavy (non-hydrogen) atoms. The summed E-state index contributed by atoms with van der Waals surface area (Å²) in [5, 5.41) is -0.364. The topological polar surface area (TPSA) is 50.5 Å². The molecule has 1 saturated heterocycles. The van der Waals surface area contributed by atoms with Crippen LogP contribution in [0.4, 0.5) is 4.79 Å². The van der Waals surface area contributed by atoms with Crippen molar-refractivity contribution in [2.45, 2.75) is 6.92 Å². The minimum atomic E-state index is -0.391. The van der Waals surface area contributed by atoms with Crippen molar-refractivity contribution >= 4 is 44.9 Å². The molecule has 3 rings (SSSR count). The Morgan fingerprint density at radius 2 is 2.12 bits per heavy atom. The summed E-state index contributed by atoms with van der Waals surface area (Å²) in [4.78, 5) is 25.3. The average molecular weight is 402 g/mol. The standard InChI is InChI=1S/C18H12BrNO3S/c1-3-8-20-17(21)16(24-18(20)22)10-12-5-7-15(23-12)13-6-4-11(2)9-14(13)19/h1,4-7,9-10H,8H2,2H3/b16-10-. The monoisotopic (exact) mass is 401 g/mol. The molecule has 0 bridgehead atoms. The van der Waals surface area contributed by atoms with E-state index in [-0.39, 0.29) is 11.8 Å². The van der Waals surface area contributed by atoms with Crippen LogP contribution in [-0.4, -0.2) is 22.6 Å². The highest BCUT2D eigenvalue weighted by Gasteiger charge is 2.34. The van der Waals surface area contributed by atoms with E-state index in [1.807, 2.05) is 31.2 Å². The van der Waals surface area contributed by atoms with Crippen LogP contribution in [0.3, 0.4) is 0 Å². The molecule has 0 spiro atoms. The van der Waals surface area contributed by atoms with Crippen LogP contribution in [0.25, 0.3) is 17.4 Å². The summed E-state index contributed by atoms with van der Waals surface area (Å²) in [5.74, 6) is 3.10. The molecule has 2 amide bonds. The molecular weight excluding hydrogens is 390 g/mol. The number of nitrogens with zero attached hydrogens (tertiary/aromatic N) is 1. The van der Waals surface area contributed by atoms with E-state index in [1.54, 1.807) is 12.1 Å². The van der Waals surface area contributed by atoms with Crippen molar-refractivity contribution in [3.8, 4) is 23.7 Å². The third kappa shape index (κ3) is 3.18. The van der Waals surface area contributed by atoms with Crippen molar-refractivity contribution in [2.24, 2.45) is 0 Å². The van der Waals surface area contributed by atoms with E-state index < -0.39 is 5.91 Å². The highest BCUT2D eigenvalue weighted by molar-refractivity contribution is 9.10. The Kier molecular flexibility index (Phi) is 4.65. The minimum absolute atomic E-state index is 0.0261. The second-order valence-electron chi connectivity index (χ2n) is 5.16. The van der Waals surface area contributed by atoms with E-state index in [2.05, 4.69) is 21.9 Å². The molecule has 6 heteroatoms. The number of furan rings is 1. The van der Waals surface area contributed by atoms with E-state index in [0.717, 1.165) is 32.3 Å². The van der Waals surface area contributed by atoms with Gasteiger partial charge in [-0.15, -0.1) is 6.42 Å². The fourth-order valence-electron chi connectivity index (χ4n) is 2.25. The highest BCUT2D eigenvalue weighted by atomic mass is 79.9. The number of terminal acetylenes is 1. The van der Waals surface area contributed by atoms with E-state index in [1.165, 1.54) is 0 Å². The number of hydrogen-bond acceptors (Lipinski definition) is 4. The van der Waals surface area contributed by atoms with Crippen molar-refractivity contribution in [1.82, 2.24) is 4.90 Å². The van der Waals surface area contributed by atoms with Gasteiger partial charge in [0.1, 0.15) is 11.5 Å². The van der Waals surface area contributed by atoms with Crippen LogP contribution in [-0.2, 0) is 4.79 Å². The molecule has 1 aliphatic heterocycles. The summed E-state index contributed by atoms with van der Waals surface area (Å²) in [5.41, 5.74) is 2.06. The molecule has 0 atom stereocenters. The molecular formula is C18H12BrNO3S. The van der Waals surface area contributed by atoms with Gasteiger partial charge in [-0.25, -0.2) is 0 Å². The van der Waals surface area contributed by atoms with Gasteiger partial charge in [0.2, 0.25) is 0 Å². The second kappa shape index (κ2) is 6.71. The Balaban J connectivity index is 1.88. The summed E-state index contributed by atoms with van der Waals surface area (Å²) in [6.07, 6.45) is 6.74. The van der Waals surface area contributed by atoms with E-state index >= 15 is 0 Å². The Bertz CT molecular complexity index is 907. The Morgan fingerprint density at radius 3 is 2.83 bits per heavy atom. The molecule has 0 aliphatic carbocycles. The minimum Gasteiger partial charge on any atom is -0.457 e. The molecule has 0 saturated carbocycles. The third-order valence-electron chi connectivity index (χ3n) is 3.41. The second-order valence-corrected chi connectivity index (χ2v) is 7.00. The normalized spacial score (nSPS) is 16.0. The number of rotatable bonds is 3. The zero-order valence-corrected chi connectivity index (χ0v) is 15.1. The van der Waals surface area contributed by atoms with E-state index in [4.69, 9.17) is 10.8 Å². The van der Waals surface area contributed by atoms with Gasteiger partial charge in [-0.3, -0.25) is 14.5 Å². The van der Waals surface area contributed by atoms with Crippen LogP contribution < -0.4 is 0 Å². The summed E-state index contributed by atoms with van der Waals surface area (Å²) < 4.78 is 6.72. The van der Waals surface area contributed by atoms with Gasteiger partial charge in [0, 0.05) is 16.1 Å². The SMILES string of the molecule is C#CCN1C(=O)S/C(=C\c2ccc(-c3ccc(C)cc3Br)o2)C1=O. The first kappa shape index (κ1) is 16.6. The molecule has 0 unspecified atom stereocenters. The van der Waals surface area contributed by atoms with Gasteiger partial charge in [-0.1, -0.05) is 27.9 Å². The molecule has 1 aromatic carbocycles. The molecule has 0 radical (unpaired) electrons. The molecule has 1 fully saturated rings. The smallest absolute Gasteiger partial charge is 0.294 e. The first-order valence-electron chi connectivity index (χ1n) is 7.05. The lowest BCUT2D eigenvalue weighted by molar-refractivity contribution is -0.122. The Morgan fingerprint density at radius 1 is 1.33 bits per heavy atom. The lowest BCUT2D eigenvalue weighted by atomic mass is 10.1. The fourth-order valence-corrected chi connectivity index (χ4v) is 3.76. The van der Waals surface area contributed by atoms with Gasteiger partial charge < -0.3 is 4.42 Å². The van der Waals surface area contributed by atoms with Crippen molar-refractivity contribution < 1.29 is 14.0 Å². The van der Waals surface area contributed by atoms with Crippen LogP contribution in [0.2, 0.25) is 0 Å². The van der Waals surface area contributed by atoms with E-state index in [9.17, 15) is 9.59 Å². The van der Waals surface area contributed by atoms with Crippen molar-refractivity contribution in [3.63, 3.8) is 0 Å². The number of thioether (sulfide) groups is 1. The third-order valence-corrected chi connectivity index (χ3v) is 4.98. The van der Waals surface area contributed by atoms with Crippen molar-refractivity contribution in [3.05, 3.63) is 51.0 Å². The van der Waals surface area contributed by atoms with Gasteiger partial charge >= 0.3 is 0 Å². The summed E-state index contributed by atoms with van der Waals surface area (Å²) in [7, 11) is 0. The van der Waals surface area contributed by atoms with Crippen LogP contribution >= 0.6 is 27.7 Å². The van der Waals surface area contributed by atoms with Gasteiger partial charge in [0.05, 0.1) is 11.4 Å². The lowest BCUT2D eigenvalue weighted by Crippen LogP contribution is -2.28. The fraction of sp³-hybridized carbons (Fsp3) is 0.111. The molecule has 2 aromatic rings. The molecule has 1 aromatic heterocycles. The zero-order chi connectivity index (χ0) is 17.3. The number of benzene rings is 1. The zero-order valence-electron chi connectivity index (χ0n) is 12.7. The first-order chi connectivity index (χ1) is 11.5. The molecule has 120 valence electrons. The van der Waals surface area contributed by atoms with Crippen LogP contribution in [0.5, 0.6) is 0 Å². The largest absolute Gasteiger partial charge is 0.457 e. The predicted octanol–water partition coefficient (Wildman–Crippen LogP) is 4.69. The van der Waals surface area contributed by atoms with Crippen LogP contribution in [0, 0.1) is 19.3 Å². The number of carbonyl (C=O) groups excluding carboxylic acids is 2. The highest BCUT2D eigenvalue weighted by Crippen LogP contribution is 2.34. The van der Waals surface area contributed by atoms with Gasteiger partial charge in [-0.05, 0) is 48.5 Å². The Labute approximate surface area is 152 Å². The summed E-state index contributed by atoms with van der Waals surface area (Å²) >= 11 is 4.38. The number of halogens is 1. The maximum absolute atomic E-state index is 12.1. The summed E-state index contributed by atoms with van der Waals surface area (Å²) in [6, 6.07) is 9.54. The number of carbonyl (C=O) groups is 2. The van der Waals surface area contributed by atoms with Gasteiger partial charge in [0.25, 0.3) is 11.1 Å². The molecule has 1 aliphatic rings. The van der Waals surface area contributed by atoms with Crippen LogP contribution in [0.15, 0.2) is 44.1 Å². The molecule has 2 heterocycles. The van der Waals surface area contributed by atoms with Crippen LogP contribution in [0.1, 0.15) is 11.3 Å². The average Bonchev–Trinajstić information content (AvgIpc) is 3.08. The summed E-state index contributed by atoms with van der Waals surface area (Å²) in [6.45, 7) is 1.98. The quantitative estimate of drug-likeness (QED) is 0.552. The van der Waals surface area contributed by atoms with Gasteiger partial charge in [0.15, 0.2) is 0 Å². The maximum atomic E-state index is 12.1. The van der Waals surface area contributed by atoms with Gasteiger partial charge in [-0.2, -0.15) is 0 Å². The maximum Gasteiger partial charge on any atom is 0.294 e. The number of amides is 2. The first-order valence-corrected chi connectivity index (χ1v) is 8.65. The van der Waals surface area contributed by atoms with E-state index in [0.29, 0.717) is 16.4 Å². The Hall–Kier alpha value is -2.23. The van der Waals surface area contributed by atoms with Crippen molar-refractivity contribution in [2.75, 3.05) is 6.54 Å². The number of hydrogen-bond donors (Lipinski definition) is 0. The lowest BCUT2D eigenvalue weighted by Gasteiger charge is -2.06.